The third-order valence-corrected chi connectivity index (χ3v) is 7.52. The molecule has 0 amide bonds. The summed E-state index contributed by atoms with van der Waals surface area (Å²) >= 11 is 0. The zero-order valence-corrected chi connectivity index (χ0v) is 23.8. The first-order valence-electron chi connectivity index (χ1n) is 13.8. The molecule has 0 atom stereocenters. The molecule has 6 aromatic carbocycles. The van der Waals surface area contributed by atoms with Gasteiger partial charge in [0.1, 0.15) is 17.6 Å². The van der Waals surface area contributed by atoms with Crippen LogP contribution in [0.3, 0.4) is 0 Å². The predicted molar refractivity (Wildman–Crippen MR) is 176 cm³/mol. The number of nitriles is 1. The van der Waals surface area contributed by atoms with E-state index in [1.54, 1.807) is 14.2 Å². The molecule has 0 aliphatic rings. The molecule has 43 heavy (non-hydrogen) atoms. The number of anilines is 3. The standard InChI is InChI=1S/C38H27N3O2/c1-40-38-35-7-5-4-6-33(35)37(25-39)34-23-12-27(24-36(34)38)9-8-26-10-13-28(14-11-26)41(29-15-19-31(42-2)20-16-29)30-17-21-32(43-3)22-18-30/h4-24H,2-3H3/b9-8-. The van der Waals surface area contributed by atoms with Crippen LogP contribution in [-0.2, 0) is 0 Å². The van der Waals surface area contributed by atoms with Gasteiger partial charge in [0.25, 0.3) is 0 Å². The van der Waals surface area contributed by atoms with Crippen LogP contribution in [0.15, 0.2) is 115 Å². The molecule has 0 radical (unpaired) electrons. The molecular formula is C38H27N3O2. The van der Waals surface area contributed by atoms with Gasteiger partial charge in [-0.2, -0.15) is 5.26 Å². The van der Waals surface area contributed by atoms with Crippen molar-refractivity contribution in [3.8, 4) is 17.6 Å². The summed E-state index contributed by atoms with van der Waals surface area (Å²) in [5, 5.41) is 13.1. The van der Waals surface area contributed by atoms with E-state index >= 15 is 0 Å². The van der Waals surface area contributed by atoms with E-state index in [2.05, 4.69) is 46.2 Å². The van der Waals surface area contributed by atoms with Crippen molar-refractivity contribution in [1.29, 1.82) is 5.26 Å². The van der Waals surface area contributed by atoms with E-state index in [1.807, 2.05) is 97.1 Å². The summed E-state index contributed by atoms with van der Waals surface area (Å²) in [5.41, 5.74) is 6.18. The molecule has 0 fully saturated rings. The molecule has 0 saturated heterocycles. The van der Waals surface area contributed by atoms with E-state index in [0.717, 1.165) is 61.2 Å². The van der Waals surface area contributed by atoms with Crippen molar-refractivity contribution in [3.05, 3.63) is 143 Å². The second-order valence-electron chi connectivity index (χ2n) is 9.95. The molecule has 0 N–H and O–H groups in total. The summed E-state index contributed by atoms with van der Waals surface area (Å²) < 4.78 is 10.7. The largest absolute Gasteiger partial charge is 0.497 e. The maximum atomic E-state index is 9.92. The Morgan fingerprint density at radius 3 is 1.65 bits per heavy atom. The van der Waals surface area contributed by atoms with E-state index in [1.165, 1.54) is 0 Å². The van der Waals surface area contributed by atoms with Gasteiger partial charge >= 0.3 is 0 Å². The SMILES string of the molecule is [C-]#[N+]c1c2ccccc2c(C#N)c2ccc(/C=C\c3ccc(N(c4ccc(OC)cc4)c4ccc(OC)cc4)cc3)cc12. The Hall–Kier alpha value is -6.04. The van der Waals surface area contributed by atoms with Crippen molar-refractivity contribution in [2.75, 3.05) is 19.1 Å². The Kier molecular flexibility index (Phi) is 7.47. The maximum absolute atomic E-state index is 9.92. The summed E-state index contributed by atoms with van der Waals surface area (Å²) in [7, 11) is 3.32. The second-order valence-corrected chi connectivity index (χ2v) is 9.95. The summed E-state index contributed by atoms with van der Waals surface area (Å²) in [6, 6.07) is 40.2. The number of benzene rings is 6. The number of fused-ring (bicyclic) bond motifs is 2. The predicted octanol–water partition coefficient (Wildman–Crippen LogP) is 10.1. The first-order valence-corrected chi connectivity index (χ1v) is 13.8. The Bertz CT molecular complexity index is 2000. The highest BCUT2D eigenvalue weighted by molar-refractivity contribution is 6.15. The fraction of sp³-hybridized carbons (Fsp3) is 0.0526. The molecule has 0 bridgehead atoms. The highest BCUT2D eigenvalue weighted by Crippen LogP contribution is 2.39. The fourth-order valence-electron chi connectivity index (χ4n) is 5.35. The molecule has 0 spiro atoms. The van der Waals surface area contributed by atoms with E-state index in [-0.39, 0.29) is 0 Å². The molecule has 5 nitrogen and oxygen atoms in total. The Morgan fingerprint density at radius 2 is 1.12 bits per heavy atom. The van der Waals surface area contributed by atoms with Gasteiger partial charge in [0.2, 0.25) is 5.69 Å². The Morgan fingerprint density at radius 1 is 0.628 bits per heavy atom. The third-order valence-electron chi connectivity index (χ3n) is 7.52. The molecule has 206 valence electrons. The van der Waals surface area contributed by atoms with E-state index < -0.39 is 0 Å². The van der Waals surface area contributed by atoms with Crippen molar-refractivity contribution >= 4 is 56.4 Å². The van der Waals surface area contributed by atoms with Crippen LogP contribution in [0.1, 0.15) is 16.7 Å². The third kappa shape index (κ3) is 5.24. The number of methoxy groups -OCH3 is 2. The molecule has 6 aromatic rings. The lowest BCUT2D eigenvalue weighted by atomic mass is 9.94. The minimum Gasteiger partial charge on any atom is -0.497 e. The minimum atomic E-state index is 0.571. The number of nitrogens with zero attached hydrogens (tertiary/aromatic N) is 3. The molecule has 0 saturated carbocycles. The molecule has 0 aliphatic heterocycles. The average Bonchev–Trinajstić information content (AvgIpc) is 3.07. The lowest BCUT2D eigenvalue weighted by Crippen LogP contribution is -2.09. The van der Waals surface area contributed by atoms with Crippen LogP contribution in [-0.4, -0.2) is 14.2 Å². The summed E-state index contributed by atoms with van der Waals surface area (Å²) in [5.74, 6) is 1.60. The number of hydrogen-bond donors (Lipinski definition) is 0. The quantitative estimate of drug-likeness (QED) is 0.111. The van der Waals surface area contributed by atoms with Gasteiger partial charge in [0.15, 0.2) is 0 Å². The number of ether oxygens (including phenoxy) is 2. The summed E-state index contributed by atoms with van der Waals surface area (Å²) in [6.45, 7) is 7.87. The first kappa shape index (κ1) is 27.1. The molecule has 0 heterocycles. The van der Waals surface area contributed by atoms with Gasteiger partial charge in [0, 0.05) is 17.1 Å². The lowest BCUT2D eigenvalue weighted by molar-refractivity contribution is 0.415. The smallest absolute Gasteiger partial charge is 0.202 e. The maximum Gasteiger partial charge on any atom is 0.202 e. The average molecular weight is 558 g/mol. The summed E-state index contributed by atoms with van der Waals surface area (Å²) in [4.78, 5) is 6.03. The summed E-state index contributed by atoms with van der Waals surface area (Å²) in [6.07, 6.45) is 4.09. The van der Waals surface area contributed by atoms with Crippen LogP contribution < -0.4 is 14.4 Å². The Balaban J connectivity index is 1.34. The van der Waals surface area contributed by atoms with Crippen LogP contribution in [0, 0.1) is 17.9 Å². The number of rotatable bonds is 7. The van der Waals surface area contributed by atoms with Gasteiger partial charge in [0.05, 0.1) is 26.4 Å². The lowest BCUT2D eigenvalue weighted by Gasteiger charge is -2.26. The van der Waals surface area contributed by atoms with Crippen molar-refractivity contribution in [2.24, 2.45) is 0 Å². The molecule has 0 unspecified atom stereocenters. The highest BCUT2D eigenvalue weighted by Gasteiger charge is 2.15. The van der Waals surface area contributed by atoms with Crippen LogP contribution in [0.4, 0.5) is 22.7 Å². The topological polar surface area (TPSA) is 49.9 Å². The monoisotopic (exact) mass is 557 g/mol. The van der Waals surface area contributed by atoms with E-state index in [4.69, 9.17) is 16.0 Å². The highest BCUT2D eigenvalue weighted by atomic mass is 16.5. The van der Waals surface area contributed by atoms with Gasteiger partial charge in [-0.3, -0.25) is 0 Å². The van der Waals surface area contributed by atoms with Crippen molar-refractivity contribution in [2.45, 2.75) is 0 Å². The fourth-order valence-corrected chi connectivity index (χ4v) is 5.35. The zero-order valence-electron chi connectivity index (χ0n) is 23.8. The van der Waals surface area contributed by atoms with E-state index in [0.29, 0.717) is 11.3 Å². The molecule has 5 heteroatoms. The molecule has 6 rings (SSSR count). The Labute approximate surface area is 250 Å². The normalized spacial score (nSPS) is 10.9. The van der Waals surface area contributed by atoms with Gasteiger partial charge in [-0.15, -0.1) is 0 Å². The van der Waals surface area contributed by atoms with Crippen LogP contribution >= 0.6 is 0 Å². The van der Waals surface area contributed by atoms with E-state index in [9.17, 15) is 5.26 Å². The minimum absolute atomic E-state index is 0.571. The molecular weight excluding hydrogens is 530 g/mol. The molecule has 0 aliphatic carbocycles. The molecule has 0 aromatic heterocycles. The van der Waals surface area contributed by atoms with Gasteiger partial charge in [-0.25, -0.2) is 4.85 Å². The number of hydrogen-bond acceptors (Lipinski definition) is 4. The van der Waals surface area contributed by atoms with Gasteiger partial charge < -0.3 is 14.4 Å². The van der Waals surface area contributed by atoms with Gasteiger partial charge in [-0.1, -0.05) is 66.7 Å². The zero-order chi connectivity index (χ0) is 29.8. The van der Waals surface area contributed by atoms with Crippen LogP contribution in [0.5, 0.6) is 11.5 Å². The second kappa shape index (κ2) is 11.8. The van der Waals surface area contributed by atoms with Crippen molar-refractivity contribution in [1.82, 2.24) is 0 Å². The van der Waals surface area contributed by atoms with Gasteiger partial charge in [-0.05, 0) is 93.3 Å². The van der Waals surface area contributed by atoms with Crippen LogP contribution in [0.2, 0.25) is 0 Å². The van der Waals surface area contributed by atoms with Crippen LogP contribution in [0.25, 0.3) is 38.5 Å². The first-order chi connectivity index (χ1) is 21.1. The van der Waals surface area contributed by atoms with Crippen molar-refractivity contribution < 1.29 is 9.47 Å². The van der Waals surface area contributed by atoms with Crippen molar-refractivity contribution in [3.63, 3.8) is 0 Å².